The van der Waals surface area contributed by atoms with Crippen LogP contribution in [0.25, 0.3) is 11.1 Å². The molecule has 2 unspecified atom stereocenters. The largest absolute Gasteiger partial charge is 0.472 e. The molecular weight excluding hydrogens is 456 g/mol. The van der Waals surface area contributed by atoms with Crippen molar-refractivity contribution in [2.24, 2.45) is 0 Å². The molecule has 0 aliphatic heterocycles. The summed E-state index contributed by atoms with van der Waals surface area (Å²) in [6, 6.07) is 14.9. The predicted octanol–water partition coefficient (Wildman–Crippen LogP) is 5.64. The van der Waals surface area contributed by atoms with Crippen LogP contribution in [0, 0.1) is 15.9 Å². The standard InChI is InChI=1S/C24H22F4N2O4/c1-15(31)23(34-18-11-12-22(30(32)33)21(25)13-18)29(2)14-16-7-9-17(10-8-16)19-5-3-4-6-20(19)24(26,27)28/h3-13,15,23,31H,14H2,1-2H3. The van der Waals surface area contributed by atoms with Gasteiger partial charge in [0.2, 0.25) is 5.82 Å². The van der Waals surface area contributed by atoms with E-state index in [1.165, 1.54) is 31.2 Å². The van der Waals surface area contributed by atoms with Gasteiger partial charge in [0, 0.05) is 18.7 Å². The van der Waals surface area contributed by atoms with E-state index >= 15 is 0 Å². The number of likely N-dealkylation sites (N-methyl/N-ethyl adjacent to an activating group) is 1. The van der Waals surface area contributed by atoms with Crippen molar-refractivity contribution < 1.29 is 32.3 Å². The molecule has 0 aromatic heterocycles. The minimum absolute atomic E-state index is 0.0000411. The summed E-state index contributed by atoms with van der Waals surface area (Å²) in [7, 11) is 1.64. The van der Waals surface area contributed by atoms with Gasteiger partial charge in [-0.2, -0.15) is 17.6 Å². The monoisotopic (exact) mass is 478 g/mol. The molecule has 2 atom stereocenters. The molecule has 0 amide bonds. The summed E-state index contributed by atoms with van der Waals surface area (Å²) < 4.78 is 59.5. The van der Waals surface area contributed by atoms with Gasteiger partial charge >= 0.3 is 11.9 Å². The van der Waals surface area contributed by atoms with Gasteiger partial charge in [-0.05, 0) is 42.8 Å². The molecule has 0 heterocycles. The quantitative estimate of drug-likeness (QED) is 0.196. The van der Waals surface area contributed by atoms with Gasteiger partial charge < -0.3 is 9.84 Å². The Kier molecular flexibility index (Phi) is 7.53. The Morgan fingerprint density at radius 3 is 2.29 bits per heavy atom. The van der Waals surface area contributed by atoms with E-state index in [1.54, 1.807) is 36.2 Å². The highest BCUT2D eigenvalue weighted by molar-refractivity contribution is 5.68. The first-order valence-electron chi connectivity index (χ1n) is 10.2. The van der Waals surface area contributed by atoms with Crippen molar-refractivity contribution >= 4 is 5.69 Å². The molecule has 34 heavy (non-hydrogen) atoms. The van der Waals surface area contributed by atoms with E-state index in [0.717, 1.165) is 23.8 Å². The van der Waals surface area contributed by atoms with Crippen molar-refractivity contribution in [3.05, 3.63) is 93.8 Å². The molecule has 1 N–H and O–H groups in total. The number of aliphatic hydroxyl groups is 1. The molecule has 3 aromatic rings. The highest BCUT2D eigenvalue weighted by Crippen LogP contribution is 2.37. The Balaban J connectivity index is 1.76. The maximum Gasteiger partial charge on any atom is 0.417 e. The summed E-state index contributed by atoms with van der Waals surface area (Å²) in [6.07, 6.45) is -6.41. The lowest BCUT2D eigenvalue weighted by Crippen LogP contribution is -2.44. The number of rotatable bonds is 8. The number of alkyl halides is 3. The highest BCUT2D eigenvalue weighted by atomic mass is 19.4. The molecule has 0 aliphatic carbocycles. The number of hydrogen-bond acceptors (Lipinski definition) is 5. The summed E-state index contributed by atoms with van der Waals surface area (Å²) >= 11 is 0. The molecule has 0 saturated carbocycles. The summed E-state index contributed by atoms with van der Waals surface area (Å²) in [4.78, 5) is 11.6. The van der Waals surface area contributed by atoms with Crippen LogP contribution in [-0.2, 0) is 12.7 Å². The van der Waals surface area contributed by atoms with E-state index in [-0.39, 0.29) is 17.9 Å². The first-order chi connectivity index (χ1) is 16.0. The maximum absolute atomic E-state index is 13.9. The Labute approximate surface area is 193 Å². The van der Waals surface area contributed by atoms with E-state index in [9.17, 15) is 32.8 Å². The molecule has 0 bridgehead atoms. The second kappa shape index (κ2) is 10.2. The van der Waals surface area contributed by atoms with E-state index in [0.29, 0.717) is 5.56 Å². The second-order valence-electron chi connectivity index (χ2n) is 7.77. The van der Waals surface area contributed by atoms with Crippen molar-refractivity contribution in [2.75, 3.05) is 7.05 Å². The number of hydrogen-bond donors (Lipinski definition) is 1. The lowest BCUT2D eigenvalue weighted by molar-refractivity contribution is -0.387. The number of benzene rings is 3. The van der Waals surface area contributed by atoms with Crippen LogP contribution in [-0.4, -0.2) is 34.3 Å². The van der Waals surface area contributed by atoms with Crippen molar-refractivity contribution in [3.63, 3.8) is 0 Å². The van der Waals surface area contributed by atoms with Crippen molar-refractivity contribution in [3.8, 4) is 16.9 Å². The Morgan fingerprint density at radius 1 is 1.09 bits per heavy atom. The average molecular weight is 478 g/mol. The van der Waals surface area contributed by atoms with E-state index < -0.39 is 40.5 Å². The predicted molar refractivity (Wildman–Crippen MR) is 117 cm³/mol. The van der Waals surface area contributed by atoms with Crippen LogP contribution in [0.5, 0.6) is 5.75 Å². The van der Waals surface area contributed by atoms with Crippen molar-refractivity contribution in [1.29, 1.82) is 0 Å². The third kappa shape index (κ3) is 5.89. The summed E-state index contributed by atoms with van der Waals surface area (Å²) in [6.45, 7) is 1.73. The molecule has 10 heteroatoms. The van der Waals surface area contributed by atoms with E-state index in [2.05, 4.69) is 0 Å². The van der Waals surface area contributed by atoms with Gasteiger partial charge in [0.05, 0.1) is 10.5 Å². The first-order valence-corrected chi connectivity index (χ1v) is 10.2. The number of nitro groups is 1. The van der Waals surface area contributed by atoms with Crippen molar-refractivity contribution in [2.45, 2.75) is 32.0 Å². The number of nitro benzene ring substituents is 1. The fraction of sp³-hybridized carbons (Fsp3) is 0.250. The SMILES string of the molecule is CC(O)C(Oc1ccc([N+](=O)[O-])c(F)c1)N(C)Cc1ccc(-c2ccccc2C(F)(F)F)cc1. The summed E-state index contributed by atoms with van der Waals surface area (Å²) in [5.74, 6) is -1.07. The van der Waals surface area contributed by atoms with Gasteiger partial charge in [0.1, 0.15) is 11.9 Å². The topological polar surface area (TPSA) is 75.8 Å². The summed E-state index contributed by atoms with van der Waals surface area (Å²) in [5, 5.41) is 20.9. The van der Waals surface area contributed by atoms with Crippen LogP contribution in [0.15, 0.2) is 66.7 Å². The first kappa shape index (κ1) is 25.1. The van der Waals surface area contributed by atoms with Crippen LogP contribution in [0.3, 0.4) is 0 Å². The van der Waals surface area contributed by atoms with Gasteiger partial charge in [-0.3, -0.25) is 15.0 Å². The fourth-order valence-corrected chi connectivity index (χ4v) is 3.55. The average Bonchev–Trinajstić information content (AvgIpc) is 2.77. The molecule has 0 spiro atoms. The van der Waals surface area contributed by atoms with Gasteiger partial charge in [0.15, 0.2) is 6.23 Å². The van der Waals surface area contributed by atoms with Gasteiger partial charge in [-0.15, -0.1) is 0 Å². The molecule has 0 fully saturated rings. The smallest absolute Gasteiger partial charge is 0.417 e. The van der Waals surface area contributed by atoms with Crippen LogP contribution in [0.4, 0.5) is 23.2 Å². The zero-order chi connectivity index (χ0) is 25.0. The van der Waals surface area contributed by atoms with Crippen LogP contribution < -0.4 is 4.74 Å². The number of ether oxygens (including phenoxy) is 1. The van der Waals surface area contributed by atoms with Crippen molar-refractivity contribution in [1.82, 2.24) is 4.90 Å². The highest BCUT2D eigenvalue weighted by Gasteiger charge is 2.33. The minimum atomic E-state index is -4.48. The van der Waals surface area contributed by atoms with E-state index in [1.807, 2.05) is 0 Å². The molecule has 0 saturated heterocycles. The minimum Gasteiger partial charge on any atom is -0.472 e. The molecule has 3 aromatic carbocycles. The molecule has 0 aliphatic rings. The normalized spacial score (nSPS) is 13.5. The van der Waals surface area contributed by atoms with Crippen LogP contribution >= 0.6 is 0 Å². The number of halogens is 4. The van der Waals surface area contributed by atoms with Crippen LogP contribution in [0.1, 0.15) is 18.1 Å². The van der Waals surface area contributed by atoms with Gasteiger partial charge in [0.25, 0.3) is 0 Å². The molecule has 180 valence electrons. The van der Waals surface area contributed by atoms with Crippen LogP contribution in [0.2, 0.25) is 0 Å². The lowest BCUT2D eigenvalue weighted by Gasteiger charge is -2.30. The van der Waals surface area contributed by atoms with Gasteiger partial charge in [-0.25, -0.2) is 0 Å². The maximum atomic E-state index is 13.9. The molecule has 3 rings (SSSR count). The zero-order valence-corrected chi connectivity index (χ0v) is 18.3. The Bertz CT molecular complexity index is 1150. The van der Waals surface area contributed by atoms with Gasteiger partial charge in [-0.1, -0.05) is 42.5 Å². The van der Waals surface area contributed by atoms with E-state index in [4.69, 9.17) is 4.74 Å². The molecular formula is C24H22F4N2O4. The second-order valence-corrected chi connectivity index (χ2v) is 7.77. The summed E-state index contributed by atoms with van der Waals surface area (Å²) in [5.41, 5.74) is -0.205. The Hall–Kier alpha value is -3.50. The lowest BCUT2D eigenvalue weighted by atomic mass is 9.98. The third-order valence-corrected chi connectivity index (χ3v) is 5.15. The Morgan fingerprint density at radius 2 is 1.74 bits per heavy atom. The third-order valence-electron chi connectivity index (χ3n) is 5.15. The molecule has 6 nitrogen and oxygen atoms in total. The fourth-order valence-electron chi connectivity index (χ4n) is 3.55. The zero-order valence-electron chi connectivity index (χ0n) is 18.3. The number of aliphatic hydroxyl groups excluding tert-OH is 1. The number of nitrogens with zero attached hydrogens (tertiary/aromatic N) is 2. The molecule has 0 radical (unpaired) electrons.